The average molecular weight is 352 g/mol. The minimum absolute atomic E-state index is 0.148. The van der Waals surface area contributed by atoms with Crippen molar-refractivity contribution in [3.63, 3.8) is 0 Å². The number of rotatable bonds is 2. The third-order valence-corrected chi connectivity index (χ3v) is 5.54. The Kier molecular flexibility index (Phi) is 3.21. The molecule has 5 rings (SSSR count). The van der Waals surface area contributed by atoms with Gasteiger partial charge >= 0.3 is 0 Å². The van der Waals surface area contributed by atoms with Gasteiger partial charge in [-0.1, -0.05) is 0 Å². The fourth-order valence-electron chi connectivity index (χ4n) is 3.49. The first-order valence-electron chi connectivity index (χ1n) is 8.38. The molecule has 1 spiro atoms. The van der Waals surface area contributed by atoms with Crippen LogP contribution in [0.25, 0.3) is 10.2 Å². The Balaban J connectivity index is 1.37. The van der Waals surface area contributed by atoms with Gasteiger partial charge < -0.3 is 14.8 Å². The van der Waals surface area contributed by atoms with Gasteiger partial charge in [0, 0.05) is 30.2 Å². The normalized spacial score (nSPS) is 17.3. The van der Waals surface area contributed by atoms with Crippen LogP contribution in [0.2, 0.25) is 0 Å². The molecular weight excluding hydrogens is 336 g/mol. The summed E-state index contributed by atoms with van der Waals surface area (Å²) in [6.45, 7) is 0. The molecule has 1 aliphatic heterocycles. The molecule has 1 aliphatic carbocycles. The second-order valence-electron chi connectivity index (χ2n) is 6.47. The Labute approximate surface area is 148 Å². The summed E-state index contributed by atoms with van der Waals surface area (Å²) in [5, 5.41) is 2.93. The Bertz CT molecular complexity index is 976. The summed E-state index contributed by atoms with van der Waals surface area (Å²) < 4.78 is 13.1. The fourth-order valence-corrected chi connectivity index (χ4v) is 4.21. The third-order valence-electron chi connectivity index (χ3n) is 4.75. The van der Waals surface area contributed by atoms with Gasteiger partial charge in [-0.05, 0) is 43.2 Å². The standard InChI is InChI=1S/C19H16N2O3S/c22-18(12-3-5-14-17(9-12)25-11-20-14)21-13-4-6-15-16(10-13)24-19(23-15)7-1-2-8-19/h3-6,9-11H,1-2,7-8H2,(H,21,22). The number of amides is 1. The highest BCUT2D eigenvalue weighted by atomic mass is 32.1. The van der Waals surface area contributed by atoms with E-state index >= 15 is 0 Å². The van der Waals surface area contributed by atoms with Crippen LogP contribution in [0.4, 0.5) is 5.69 Å². The molecular formula is C19H16N2O3S. The topological polar surface area (TPSA) is 60.5 Å². The summed E-state index contributed by atoms with van der Waals surface area (Å²) in [6, 6.07) is 11.1. The molecule has 2 aromatic carbocycles. The molecule has 3 aromatic rings. The monoisotopic (exact) mass is 352 g/mol. The van der Waals surface area contributed by atoms with Crippen molar-refractivity contribution in [1.29, 1.82) is 0 Å². The summed E-state index contributed by atoms with van der Waals surface area (Å²) in [4.78, 5) is 16.8. The average Bonchev–Trinajstić information content (AvgIpc) is 3.33. The number of hydrogen-bond acceptors (Lipinski definition) is 5. The zero-order valence-corrected chi connectivity index (χ0v) is 14.3. The largest absolute Gasteiger partial charge is 0.448 e. The smallest absolute Gasteiger partial charge is 0.255 e. The molecule has 0 saturated heterocycles. The molecule has 0 unspecified atom stereocenters. The van der Waals surface area contributed by atoms with Crippen molar-refractivity contribution in [3.05, 3.63) is 47.5 Å². The first-order valence-corrected chi connectivity index (χ1v) is 9.26. The number of ether oxygens (including phenoxy) is 2. The van der Waals surface area contributed by atoms with Crippen LogP contribution in [-0.2, 0) is 0 Å². The predicted molar refractivity (Wildman–Crippen MR) is 96.5 cm³/mol. The zero-order valence-electron chi connectivity index (χ0n) is 13.5. The van der Waals surface area contributed by atoms with E-state index in [9.17, 15) is 4.79 Å². The molecule has 1 saturated carbocycles. The van der Waals surface area contributed by atoms with Gasteiger partial charge in [0.15, 0.2) is 11.5 Å². The maximum absolute atomic E-state index is 12.5. The first-order chi connectivity index (χ1) is 12.2. The molecule has 1 amide bonds. The highest BCUT2D eigenvalue weighted by Crippen LogP contribution is 2.47. The number of nitrogens with one attached hydrogen (secondary N) is 1. The first kappa shape index (κ1) is 14.7. The van der Waals surface area contributed by atoms with E-state index in [4.69, 9.17) is 9.47 Å². The molecule has 0 radical (unpaired) electrons. The predicted octanol–water partition coefficient (Wildman–Crippen LogP) is 4.59. The molecule has 0 atom stereocenters. The van der Waals surface area contributed by atoms with Crippen LogP contribution in [-0.4, -0.2) is 16.7 Å². The van der Waals surface area contributed by atoms with Gasteiger partial charge in [-0.3, -0.25) is 4.79 Å². The number of nitrogens with zero attached hydrogens (tertiary/aromatic N) is 1. The fraction of sp³-hybridized carbons (Fsp3) is 0.263. The summed E-state index contributed by atoms with van der Waals surface area (Å²) >= 11 is 1.52. The van der Waals surface area contributed by atoms with Crippen molar-refractivity contribution in [2.45, 2.75) is 31.5 Å². The van der Waals surface area contributed by atoms with Crippen LogP contribution >= 0.6 is 11.3 Å². The molecule has 126 valence electrons. The van der Waals surface area contributed by atoms with E-state index in [1.807, 2.05) is 30.3 Å². The second-order valence-corrected chi connectivity index (χ2v) is 7.36. The summed E-state index contributed by atoms with van der Waals surface area (Å²) in [5.41, 5.74) is 4.00. The van der Waals surface area contributed by atoms with E-state index in [-0.39, 0.29) is 5.91 Å². The number of anilines is 1. The molecule has 0 bridgehead atoms. The Morgan fingerprint density at radius 1 is 1.08 bits per heavy atom. The van der Waals surface area contributed by atoms with Crippen LogP contribution in [0.15, 0.2) is 41.9 Å². The summed E-state index contributed by atoms with van der Waals surface area (Å²) in [7, 11) is 0. The maximum atomic E-state index is 12.5. The molecule has 2 heterocycles. The van der Waals surface area contributed by atoms with Gasteiger partial charge in [-0.15, -0.1) is 11.3 Å². The zero-order chi connectivity index (χ0) is 16.9. The van der Waals surface area contributed by atoms with E-state index < -0.39 is 5.79 Å². The SMILES string of the molecule is O=C(Nc1ccc2c(c1)OC1(CCCC1)O2)c1ccc2ncsc2c1. The number of fused-ring (bicyclic) bond motifs is 2. The molecule has 2 aliphatic rings. The van der Waals surface area contributed by atoms with Crippen molar-refractivity contribution in [2.75, 3.05) is 5.32 Å². The Morgan fingerprint density at radius 2 is 1.92 bits per heavy atom. The lowest BCUT2D eigenvalue weighted by Gasteiger charge is -2.21. The van der Waals surface area contributed by atoms with E-state index in [0.29, 0.717) is 17.0 Å². The van der Waals surface area contributed by atoms with Gasteiger partial charge in [0.1, 0.15) is 0 Å². The van der Waals surface area contributed by atoms with Crippen molar-refractivity contribution in [1.82, 2.24) is 4.98 Å². The van der Waals surface area contributed by atoms with Crippen molar-refractivity contribution < 1.29 is 14.3 Å². The van der Waals surface area contributed by atoms with E-state index in [2.05, 4.69) is 10.3 Å². The number of thiazole rings is 1. The highest BCUT2D eigenvalue weighted by Gasteiger charge is 2.44. The number of carbonyl (C=O) groups is 1. The molecule has 1 aromatic heterocycles. The Hall–Kier alpha value is -2.60. The third kappa shape index (κ3) is 2.53. The lowest BCUT2D eigenvalue weighted by molar-refractivity contribution is -0.0716. The number of hydrogen-bond donors (Lipinski definition) is 1. The molecule has 1 fully saturated rings. The van der Waals surface area contributed by atoms with Crippen LogP contribution in [0.3, 0.4) is 0 Å². The molecule has 6 heteroatoms. The van der Waals surface area contributed by atoms with E-state index in [0.717, 1.165) is 41.6 Å². The van der Waals surface area contributed by atoms with Gasteiger partial charge in [0.2, 0.25) is 0 Å². The van der Waals surface area contributed by atoms with Crippen molar-refractivity contribution in [3.8, 4) is 11.5 Å². The van der Waals surface area contributed by atoms with Gasteiger partial charge in [-0.2, -0.15) is 0 Å². The number of carbonyl (C=O) groups excluding carboxylic acids is 1. The lowest BCUT2D eigenvalue weighted by atomic mass is 10.2. The van der Waals surface area contributed by atoms with Crippen molar-refractivity contribution in [2.24, 2.45) is 0 Å². The lowest BCUT2D eigenvalue weighted by Crippen LogP contribution is -2.34. The Morgan fingerprint density at radius 3 is 2.80 bits per heavy atom. The number of aromatic nitrogens is 1. The second kappa shape index (κ2) is 5.46. The van der Waals surface area contributed by atoms with E-state index in [1.54, 1.807) is 11.6 Å². The van der Waals surface area contributed by atoms with Gasteiger partial charge in [0.25, 0.3) is 11.7 Å². The van der Waals surface area contributed by atoms with Crippen LogP contribution in [0, 0.1) is 0 Å². The molecule has 25 heavy (non-hydrogen) atoms. The summed E-state index contributed by atoms with van der Waals surface area (Å²) in [6.07, 6.45) is 4.08. The quantitative estimate of drug-likeness (QED) is 0.733. The number of benzene rings is 2. The van der Waals surface area contributed by atoms with Crippen LogP contribution in [0.1, 0.15) is 36.0 Å². The van der Waals surface area contributed by atoms with Gasteiger partial charge in [0.05, 0.1) is 15.7 Å². The minimum atomic E-state index is -0.484. The van der Waals surface area contributed by atoms with E-state index in [1.165, 1.54) is 11.3 Å². The van der Waals surface area contributed by atoms with Crippen LogP contribution in [0.5, 0.6) is 11.5 Å². The molecule has 5 nitrogen and oxygen atoms in total. The summed E-state index contributed by atoms with van der Waals surface area (Å²) in [5.74, 6) is 0.829. The highest BCUT2D eigenvalue weighted by molar-refractivity contribution is 7.16. The maximum Gasteiger partial charge on any atom is 0.255 e. The molecule has 1 N–H and O–H groups in total. The van der Waals surface area contributed by atoms with Gasteiger partial charge in [-0.25, -0.2) is 4.98 Å². The minimum Gasteiger partial charge on any atom is -0.448 e. The van der Waals surface area contributed by atoms with Crippen LogP contribution < -0.4 is 14.8 Å². The van der Waals surface area contributed by atoms with Crippen molar-refractivity contribution >= 4 is 33.1 Å².